The summed E-state index contributed by atoms with van der Waals surface area (Å²) in [7, 11) is 2.91. The van der Waals surface area contributed by atoms with E-state index in [2.05, 4.69) is 4.98 Å². The predicted octanol–water partition coefficient (Wildman–Crippen LogP) is -1.95. The van der Waals surface area contributed by atoms with Gasteiger partial charge in [-0.25, -0.2) is 4.79 Å². The van der Waals surface area contributed by atoms with E-state index in [-0.39, 0.29) is 17.7 Å². The average molecular weight is 304 g/mol. The number of rotatable bonds is 2. The van der Waals surface area contributed by atoms with Crippen molar-refractivity contribution in [2.45, 2.75) is 20.4 Å². The Balaban J connectivity index is 2.61. The summed E-state index contributed by atoms with van der Waals surface area (Å²) < 4.78 is 5.30. The zero-order chi connectivity index (χ0) is 16.3. The second-order valence-electron chi connectivity index (χ2n) is 5.25. The first-order valence-electron chi connectivity index (χ1n) is 6.59. The molecule has 0 saturated carbocycles. The van der Waals surface area contributed by atoms with Gasteiger partial charge in [-0.2, -0.15) is 4.98 Å². The lowest BCUT2D eigenvalue weighted by atomic mass is 10.3. The highest BCUT2D eigenvalue weighted by Gasteiger charge is 2.21. The Kier molecular flexibility index (Phi) is 2.77. The lowest BCUT2D eigenvalue weighted by Gasteiger charge is -2.06. The summed E-state index contributed by atoms with van der Waals surface area (Å²) in [5.74, 6) is -0.957. The molecule has 3 heterocycles. The molecule has 0 spiro atoms. The molecule has 9 heteroatoms. The van der Waals surface area contributed by atoms with E-state index in [0.717, 1.165) is 4.57 Å². The van der Waals surface area contributed by atoms with E-state index in [9.17, 15) is 19.5 Å². The van der Waals surface area contributed by atoms with Crippen molar-refractivity contribution in [1.29, 1.82) is 0 Å². The Hall–Kier alpha value is -2.84. The summed E-state index contributed by atoms with van der Waals surface area (Å²) in [6, 6.07) is 0. The Morgan fingerprint density at radius 2 is 1.77 bits per heavy atom. The second kappa shape index (κ2) is 4.33. The quantitative estimate of drug-likeness (QED) is 0.547. The molecule has 0 saturated heterocycles. The smallest absolute Gasteiger partial charge is 0.332 e. The minimum atomic E-state index is -1.26. The zero-order valence-corrected chi connectivity index (χ0v) is 12.6. The summed E-state index contributed by atoms with van der Waals surface area (Å²) in [4.78, 5) is 39.6. The van der Waals surface area contributed by atoms with Crippen molar-refractivity contribution in [1.82, 2.24) is 23.1 Å². The van der Waals surface area contributed by atoms with Gasteiger partial charge in [0, 0.05) is 25.5 Å². The molecular formula is C13H14N5O4-. The van der Waals surface area contributed by atoms with E-state index in [4.69, 9.17) is 0 Å². The highest BCUT2D eigenvalue weighted by Crippen LogP contribution is 2.20. The van der Waals surface area contributed by atoms with Gasteiger partial charge in [0.2, 0.25) is 5.78 Å². The molecule has 0 N–H and O–H groups in total. The van der Waals surface area contributed by atoms with Crippen molar-refractivity contribution in [2.75, 3.05) is 0 Å². The number of carbonyl (C=O) groups excluding carboxylic acids is 1. The highest BCUT2D eigenvalue weighted by atomic mass is 16.4. The number of aryl methyl sites for hydroxylation is 2. The molecule has 0 aliphatic carbocycles. The Bertz CT molecular complexity index is 1060. The van der Waals surface area contributed by atoms with Crippen LogP contribution in [0.1, 0.15) is 11.4 Å². The normalized spacial score (nSPS) is 11.6. The van der Waals surface area contributed by atoms with Crippen LogP contribution >= 0.6 is 0 Å². The van der Waals surface area contributed by atoms with Crippen LogP contribution in [0.5, 0.6) is 0 Å². The standard InChI is InChI=1S/C13H15N5O4/c1-6-7(2)18-9-10(14-12(18)17(6)5-8(19)20)15(3)13(22)16(4)11(9)21/h5H2,1-4H3,(H,19,20)/p-1. The number of nitrogens with zero attached hydrogens (tertiary/aromatic N) is 5. The van der Waals surface area contributed by atoms with Gasteiger partial charge in [0.1, 0.15) is 0 Å². The van der Waals surface area contributed by atoms with Crippen LogP contribution in [0.3, 0.4) is 0 Å². The fourth-order valence-corrected chi connectivity index (χ4v) is 2.71. The molecule has 0 atom stereocenters. The molecule has 3 rings (SSSR count). The van der Waals surface area contributed by atoms with Crippen LogP contribution < -0.4 is 16.4 Å². The first kappa shape index (κ1) is 14.1. The van der Waals surface area contributed by atoms with E-state index < -0.39 is 17.2 Å². The van der Waals surface area contributed by atoms with Crippen molar-refractivity contribution >= 4 is 22.9 Å². The summed E-state index contributed by atoms with van der Waals surface area (Å²) in [6.07, 6.45) is 0. The summed E-state index contributed by atoms with van der Waals surface area (Å²) in [5, 5.41) is 10.9. The Morgan fingerprint density at radius 3 is 2.36 bits per heavy atom. The number of hydrogen-bond donors (Lipinski definition) is 0. The van der Waals surface area contributed by atoms with E-state index >= 15 is 0 Å². The third kappa shape index (κ3) is 1.59. The van der Waals surface area contributed by atoms with Crippen LogP contribution in [0.15, 0.2) is 9.59 Å². The number of fused-ring (bicyclic) bond motifs is 3. The molecule has 0 amide bonds. The van der Waals surface area contributed by atoms with Crippen molar-refractivity contribution in [2.24, 2.45) is 14.1 Å². The largest absolute Gasteiger partial charge is 0.548 e. The number of carboxylic acids is 1. The molecule has 0 aliphatic rings. The number of aliphatic carboxylic acids is 1. The molecule has 0 radical (unpaired) electrons. The molecule has 0 fully saturated rings. The monoisotopic (exact) mass is 304 g/mol. The Morgan fingerprint density at radius 1 is 1.14 bits per heavy atom. The summed E-state index contributed by atoms with van der Waals surface area (Å²) >= 11 is 0. The minimum Gasteiger partial charge on any atom is -0.548 e. The van der Waals surface area contributed by atoms with E-state index in [1.807, 2.05) is 0 Å². The van der Waals surface area contributed by atoms with E-state index in [0.29, 0.717) is 17.2 Å². The van der Waals surface area contributed by atoms with Gasteiger partial charge in [-0.15, -0.1) is 0 Å². The van der Waals surface area contributed by atoms with Crippen LogP contribution in [0, 0.1) is 13.8 Å². The number of aromatic nitrogens is 5. The molecule has 0 unspecified atom stereocenters. The van der Waals surface area contributed by atoms with Gasteiger partial charge in [-0.1, -0.05) is 0 Å². The third-order valence-electron chi connectivity index (χ3n) is 4.03. The first-order valence-corrected chi connectivity index (χ1v) is 6.59. The van der Waals surface area contributed by atoms with Crippen molar-refractivity contribution in [3.05, 3.63) is 32.2 Å². The van der Waals surface area contributed by atoms with Gasteiger partial charge in [-0.05, 0) is 13.8 Å². The maximum absolute atomic E-state index is 12.4. The maximum atomic E-state index is 12.4. The summed E-state index contributed by atoms with van der Waals surface area (Å²) in [6.45, 7) is 3.13. The van der Waals surface area contributed by atoms with Gasteiger partial charge >= 0.3 is 5.69 Å². The van der Waals surface area contributed by atoms with Crippen LogP contribution in [0.2, 0.25) is 0 Å². The van der Waals surface area contributed by atoms with E-state index in [1.54, 1.807) is 18.2 Å². The Labute approximate surface area is 123 Å². The maximum Gasteiger partial charge on any atom is 0.332 e. The van der Waals surface area contributed by atoms with Crippen LogP contribution in [-0.2, 0) is 25.4 Å². The number of imidazole rings is 2. The van der Waals surface area contributed by atoms with Gasteiger partial charge in [0.05, 0.1) is 12.5 Å². The lowest BCUT2D eigenvalue weighted by Crippen LogP contribution is -2.37. The van der Waals surface area contributed by atoms with Crippen LogP contribution in [0.25, 0.3) is 16.9 Å². The number of carbonyl (C=O) groups is 1. The van der Waals surface area contributed by atoms with Crippen molar-refractivity contribution in [3.8, 4) is 0 Å². The molecule has 0 bridgehead atoms. The van der Waals surface area contributed by atoms with Gasteiger partial charge in [0.25, 0.3) is 5.56 Å². The number of carboxylic acid groups (broad SMARTS) is 1. The van der Waals surface area contributed by atoms with E-state index in [1.165, 1.54) is 23.2 Å². The summed E-state index contributed by atoms with van der Waals surface area (Å²) in [5.41, 5.74) is 0.869. The SMILES string of the molecule is Cc1c(C)n2c3c(=O)n(C)c(=O)n(C)c3nc2n1CC(=O)[O-]. The molecule has 3 aromatic rings. The molecule has 3 aromatic heterocycles. The third-order valence-corrected chi connectivity index (χ3v) is 4.03. The minimum absolute atomic E-state index is 0.221. The van der Waals surface area contributed by atoms with Gasteiger partial charge in [-0.3, -0.25) is 18.3 Å². The van der Waals surface area contributed by atoms with Crippen molar-refractivity contribution in [3.63, 3.8) is 0 Å². The first-order chi connectivity index (χ1) is 10.3. The molecule has 22 heavy (non-hydrogen) atoms. The molecule has 116 valence electrons. The average Bonchev–Trinajstić information content (AvgIpc) is 2.95. The van der Waals surface area contributed by atoms with Crippen molar-refractivity contribution < 1.29 is 9.90 Å². The molecule has 0 aliphatic heterocycles. The molecule has 0 aromatic carbocycles. The second-order valence-corrected chi connectivity index (χ2v) is 5.25. The fraction of sp³-hybridized carbons (Fsp3) is 0.385. The zero-order valence-electron chi connectivity index (χ0n) is 12.6. The highest BCUT2D eigenvalue weighted by molar-refractivity contribution is 5.77. The van der Waals surface area contributed by atoms with Crippen LogP contribution in [-0.4, -0.2) is 29.1 Å². The topological polar surface area (TPSA) is 106 Å². The van der Waals surface area contributed by atoms with Gasteiger partial charge in [0.15, 0.2) is 11.2 Å². The molecule has 9 nitrogen and oxygen atoms in total. The van der Waals surface area contributed by atoms with Gasteiger partial charge < -0.3 is 14.5 Å². The molecular weight excluding hydrogens is 290 g/mol. The lowest BCUT2D eigenvalue weighted by molar-refractivity contribution is -0.306. The number of hydrogen-bond acceptors (Lipinski definition) is 5. The predicted molar refractivity (Wildman–Crippen MR) is 75.7 cm³/mol. The fourth-order valence-electron chi connectivity index (χ4n) is 2.71. The van der Waals surface area contributed by atoms with Crippen LogP contribution in [0.4, 0.5) is 0 Å².